The molecule has 0 spiro atoms. The second kappa shape index (κ2) is 7.36. The van der Waals surface area contributed by atoms with Crippen molar-refractivity contribution in [3.05, 3.63) is 0 Å². The fourth-order valence-electron chi connectivity index (χ4n) is 2.23. The highest BCUT2D eigenvalue weighted by Crippen LogP contribution is 2.08. The van der Waals surface area contributed by atoms with Gasteiger partial charge in [-0.2, -0.15) is 0 Å². The van der Waals surface area contributed by atoms with Crippen molar-refractivity contribution in [2.75, 3.05) is 39.8 Å². The zero-order valence-electron chi connectivity index (χ0n) is 11.7. The average Bonchev–Trinajstić information content (AvgIpc) is 2.39. The summed E-state index contributed by atoms with van der Waals surface area (Å²) in [5, 5.41) is 3.21. The van der Waals surface area contributed by atoms with Crippen molar-refractivity contribution in [2.24, 2.45) is 5.92 Å². The summed E-state index contributed by atoms with van der Waals surface area (Å²) in [6.45, 7) is 7.36. The second-order valence-electron chi connectivity index (χ2n) is 5.01. The number of carbonyl (C=O) groups excluding carboxylic acids is 2. The topological polar surface area (TPSA) is 52.7 Å². The lowest BCUT2D eigenvalue weighted by molar-refractivity contribution is -0.141. The monoisotopic (exact) mass is 255 g/mol. The van der Waals surface area contributed by atoms with Crippen LogP contribution in [0.2, 0.25) is 0 Å². The van der Waals surface area contributed by atoms with Crippen LogP contribution in [0.25, 0.3) is 0 Å². The van der Waals surface area contributed by atoms with Crippen LogP contribution < -0.4 is 5.32 Å². The highest BCUT2D eigenvalue weighted by molar-refractivity contribution is 5.85. The number of hydrogen-bond acceptors (Lipinski definition) is 3. The molecule has 1 aliphatic rings. The second-order valence-corrected chi connectivity index (χ2v) is 5.01. The smallest absolute Gasteiger partial charge is 0.242 e. The first-order valence-electron chi connectivity index (χ1n) is 6.79. The Labute approximate surface area is 110 Å². The van der Waals surface area contributed by atoms with Gasteiger partial charge in [-0.1, -0.05) is 20.3 Å². The van der Waals surface area contributed by atoms with E-state index in [9.17, 15) is 9.59 Å². The SMILES string of the molecule is CCCC(C)C(=O)N(C)CC(=O)N1CCNCC1. The van der Waals surface area contributed by atoms with Gasteiger partial charge in [0.1, 0.15) is 0 Å². The number of nitrogens with one attached hydrogen (secondary N) is 1. The van der Waals surface area contributed by atoms with Gasteiger partial charge >= 0.3 is 0 Å². The van der Waals surface area contributed by atoms with Gasteiger partial charge in [-0.15, -0.1) is 0 Å². The summed E-state index contributed by atoms with van der Waals surface area (Å²) in [7, 11) is 1.72. The summed E-state index contributed by atoms with van der Waals surface area (Å²) >= 11 is 0. The van der Waals surface area contributed by atoms with Crippen LogP contribution in [0.3, 0.4) is 0 Å². The van der Waals surface area contributed by atoms with E-state index < -0.39 is 0 Å². The highest BCUT2D eigenvalue weighted by Gasteiger charge is 2.22. The molecule has 1 aliphatic heterocycles. The molecule has 2 amide bonds. The van der Waals surface area contributed by atoms with Gasteiger partial charge in [0.25, 0.3) is 0 Å². The largest absolute Gasteiger partial charge is 0.339 e. The van der Waals surface area contributed by atoms with Crippen molar-refractivity contribution in [1.29, 1.82) is 0 Å². The molecule has 104 valence electrons. The minimum Gasteiger partial charge on any atom is -0.339 e. The van der Waals surface area contributed by atoms with Gasteiger partial charge in [0.15, 0.2) is 0 Å². The Morgan fingerprint density at radius 3 is 2.50 bits per heavy atom. The molecule has 1 saturated heterocycles. The lowest BCUT2D eigenvalue weighted by atomic mass is 10.1. The molecule has 0 bridgehead atoms. The molecule has 1 unspecified atom stereocenters. The molecule has 1 heterocycles. The predicted molar refractivity (Wildman–Crippen MR) is 71.2 cm³/mol. The molecule has 0 aromatic carbocycles. The van der Waals surface area contributed by atoms with E-state index in [1.165, 1.54) is 0 Å². The van der Waals surface area contributed by atoms with Gasteiger partial charge in [-0.3, -0.25) is 9.59 Å². The Morgan fingerprint density at radius 1 is 1.33 bits per heavy atom. The molecule has 1 rings (SSSR count). The molecule has 1 N–H and O–H groups in total. The van der Waals surface area contributed by atoms with E-state index in [1.807, 2.05) is 11.8 Å². The number of likely N-dealkylation sites (N-methyl/N-ethyl adjacent to an activating group) is 1. The minimum atomic E-state index is 0.0100. The molecule has 0 aromatic heterocycles. The molecule has 18 heavy (non-hydrogen) atoms. The minimum absolute atomic E-state index is 0.0100. The third kappa shape index (κ3) is 4.29. The predicted octanol–water partition coefficient (Wildman–Crippen LogP) is 0.313. The van der Waals surface area contributed by atoms with Crippen LogP contribution in [-0.2, 0) is 9.59 Å². The van der Waals surface area contributed by atoms with Gasteiger partial charge in [-0.05, 0) is 6.42 Å². The standard InChI is InChI=1S/C13H25N3O2/c1-4-5-11(2)13(18)15(3)10-12(17)16-8-6-14-7-9-16/h11,14H,4-10H2,1-3H3. The highest BCUT2D eigenvalue weighted by atomic mass is 16.2. The molecule has 5 heteroatoms. The first-order valence-corrected chi connectivity index (χ1v) is 6.79. The first kappa shape index (κ1) is 15.0. The van der Waals surface area contributed by atoms with Gasteiger partial charge in [0.05, 0.1) is 6.54 Å². The van der Waals surface area contributed by atoms with Crippen LogP contribution in [0.4, 0.5) is 0 Å². The van der Waals surface area contributed by atoms with E-state index in [0.717, 1.165) is 39.0 Å². The van der Waals surface area contributed by atoms with Gasteiger partial charge < -0.3 is 15.1 Å². The fourth-order valence-corrected chi connectivity index (χ4v) is 2.23. The van der Waals surface area contributed by atoms with Crippen LogP contribution >= 0.6 is 0 Å². The lowest BCUT2D eigenvalue weighted by Gasteiger charge is -2.29. The van der Waals surface area contributed by atoms with Crippen LogP contribution in [0.15, 0.2) is 0 Å². The summed E-state index contributed by atoms with van der Waals surface area (Å²) < 4.78 is 0. The Bertz CT molecular complexity index is 288. The number of rotatable bonds is 5. The van der Waals surface area contributed by atoms with E-state index in [-0.39, 0.29) is 24.3 Å². The molecular weight excluding hydrogens is 230 g/mol. The molecule has 5 nitrogen and oxygen atoms in total. The van der Waals surface area contributed by atoms with Crippen LogP contribution in [0.5, 0.6) is 0 Å². The maximum atomic E-state index is 12.0. The Morgan fingerprint density at radius 2 is 1.94 bits per heavy atom. The maximum Gasteiger partial charge on any atom is 0.242 e. The normalized spacial score (nSPS) is 17.4. The third-order valence-electron chi connectivity index (χ3n) is 3.36. The zero-order valence-corrected chi connectivity index (χ0v) is 11.7. The first-order chi connectivity index (χ1) is 8.56. The van der Waals surface area contributed by atoms with Gasteiger partial charge in [0, 0.05) is 39.1 Å². The van der Waals surface area contributed by atoms with Crippen molar-refractivity contribution < 1.29 is 9.59 Å². The van der Waals surface area contributed by atoms with E-state index in [2.05, 4.69) is 12.2 Å². The number of nitrogens with zero attached hydrogens (tertiary/aromatic N) is 2. The van der Waals surface area contributed by atoms with Crippen molar-refractivity contribution in [2.45, 2.75) is 26.7 Å². The average molecular weight is 255 g/mol. The van der Waals surface area contributed by atoms with Crippen LogP contribution in [0.1, 0.15) is 26.7 Å². The summed E-state index contributed by atoms with van der Waals surface area (Å²) in [5.41, 5.74) is 0. The van der Waals surface area contributed by atoms with E-state index in [0.29, 0.717) is 0 Å². The van der Waals surface area contributed by atoms with Crippen molar-refractivity contribution in [3.63, 3.8) is 0 Å². The van der Waals surface area contributed by atoms with Crippen LogP contribution in [0, 0.1) is 5.92 Å². The lowest BCUT2D eigenvalue weighted by Crippen LogP contribution is -2.50. The molecule has 1 atom stereocenters. The Hall–Kier alpha value is -1.10. The number of amides is 2. The molecule has 0 saturated carbocycles. The Balaban J connectivity index is 2.40. The van der Waals surface area contributed by atoms with Crippen LogP contribution in [-0.4, -0.2) is 61.4 Å². The Kier molecular flexibility index (Phi) is 6.12. The molecular formula is C13H25N3O2. The summed E-state index contributed by atoms with van der Waals surface area (Å²) in [6, 6.07) is 0. The number of piperazine rings is 1. The fraction of sp³-hybridized carbons (Fsp3) is 0.846. The quantitative estimate of drug-likeness (QED) is 0.769. The maximum absolute atomic E-state index is 12.0. The van der Waals surface area contributed by atoms with Gasteiger partial charge in [0.2, 0.25) is 11.8 Å². The zero-order chi connectivity index (χ0) is 13.5. The number of carbonyl (C=O) groups is 2. The van der Waals surface area contributed by atoms with Crippen molar-refractivity contribution in [3.8, 4) is 0 Å². The summed E-state index contributed by atoms with van der Waals surface area (Å²) in [4.78, 5) is 27.4. The van der Waals surface area contributed by atoms with E-state index in [1.54, 1.807) is 11.9 Å². The van der Waals surface area contributed by atoms with Gasteiger partial charge in [-0.25, -0.2) is 0 Å². The molecule has 0 aliphatic carbocycles. The molecule has 0 radical (unpaired) electrons. The van der Waals surface area contributed by atoms with E-state index in [4.69, 9.17) is 0 Å². The third-order valence-corrected chi connectivity index (χ3v) is 3.36. The van der Waals surface area contributed by atoms with Crippen molar-refractivity contribution >= 4 is 11.8 Å². The molecule has 1 fully saturated rings. The summed E-state index contributed by atoms with van der Waals surface area (Å²) in [5.74, 6) is 0.132. The molecule has 0 aromatic rings. The summed E-state index contributed by atoms with van der Waals surface area (Å²) in [6.07, 6.45) is 1.87. The van der Waals surface area contributed by atoms with E-state index >= 15 is 0 Å². The number of hydrogen-bond donors (Lipinski definition) is 1. The van der Waals surface area contributed by atoms with Crippen molar-refractivity contribution in [1.82, 2.24) is 15.1 Å².